The Kier molecular flexibility index (Phi) is 1.86. The zero-order valence-corrected chi connectivity index (χ0v) is 5.15. The first-order valence-corrected chi connectivity index (χ1v) is 3.18. The van der Waals surface area contributed by atoms with Crippen LogP contribution in [0.3, 0.4) is 0 Å². The fourth-order valence-corrected chi connectivity index (χ4v) is 0.848. The largest absolute Gasteiger partial charge is 0.477 e. The Morgan fingerprint density at radius 1 is 1.88 bits per heavy atom. The molecule has 0 saturated heterocycles. The molecule has 2 nitrogen and oxygen atoms in total. The minimum absolute atomic E-state index is 0.448. The molecular formula is C5H6NOS. The minimum Gasteiger partial charge on any atom is -0.477 e. The van der Waals surface area contributed by atoms with Crippen LogP contribution in [-0.4, -0.2) is 11.6 Å². The highest BCUT2D eigenvalue weighted by atomic mass is 32.1. The summed E-state index contributed by atoms with van der Waals surface area (Å²) in [6.07, 6.45) is 0. The van der Waals surface area contributed by atoms with Gasteiger partial charge in [-0.3, -0.25) is 0 Å². The highest BCUT2D eigenvalue weighted by Gasteiger charge is 1.88. The van der Waals surface area contributed by atoms with Crippen LogP contribution in [0, 0.1) is 6.92 Å². The van der Waals surface area contributed by atoms with Gasteiger partial charge in [0.2, 0.25) is 5.88 Å². The third-order valence-corrected chi connectivity index (χ3v) is 1.22. The summed E-state index contributed by atoms with van der Waals surface area (Å²) in [6, 6.07) is 0. The zero-order chi connectivity index (χ0) is 5.82. The van der Waals surface area contributed by atoms with E-state index in [1.165, 1.54) is 11.3 Å². The smallest absolute Gasteiger partial charge is 0.224 e. The molecule has 0 spiro atoms. The first kappa shape index (κ1) is 5.56. The molecule has 0 saturated carbocycles. The first-order chi connectivity index (χ1) is 3.93. The Balaban J connectivity index is 2.50. The Morgan fingerprint density at radius 2 is 2.75 bits per heavy atom. The van der Waals surface area contributed by atoms with Gasteiger partial charge in [-0.15, -0.1) is 11.3 Å². The molecule has 0 fully saturated rings. The maximum atomic E-state index is 4.93. The van der Waals surface area contributed by atoms with E-state index >= 15 is 0 Å². The second-order valence-corrected chi connectivity index (χ2v) is 1.89. The summed E-state index contributed by atoms with van der Waals surface area (Å²) in [5.74, 6) is 0.671. The molecule has 1 heterocycles. The van der Waals surface area contributed by atoms with Gasteiger partial charge in [-0.2, -0.15) is 0 Å². The molecule has 1 rings (SSSR count). The molecule has 1 radical (unpaired) electrons. The third kappa shape index (κ3) is 1.20. The van der Waals surface area contributed by atoms with Gasteiger partial charge in [0.05, 0.1) is 17.5 Å². The van der Waals surface area contributed by atoms with Crippen molar-refractivity contribution in [1.29, 1.82) is 0 Å². The molecule has 0 amide bonds. The monoisotopic (exact) mass is 128 g/mol. The fourth-order valence-electron chi connectivity index (χ4n) is 0.377. The predicted molar refractivity (Wildman–Crippen MR) is 33.0 cm³/mol. The van der Waals surface area contributed by atoms with Crippen LogP contribution in [0.5, 0.6) is 5.88 Å². The number of thiazole rings is 1. The van der Waals surface area contributed by atoms with E-state index in [1.807, 2.05) is 5.38 Å². The highest BCUT2D eigenvalue weighted by molar-refractivity contribution is 7.07. The van der Waals surface area contributed by atoms with Crippen LogP contribution in [-0.2, 0) is 0 Å². The molecule has 0 aliphatic carbocycles. The third-order valence-electron chi connectivity index (χ3n) is 0.660. The van der Waals surface area contributed by atoms with Crippen molar-refractivity contribution >= 4 is 11.3 Å². The molecule has 0 atom stereocenters. The minimum atomic E-state index is 0.448. The molecule has 0 aliphatic heterocycles. The van der Waals surface area contributed by atoms with Crippen LogP contribution in [0.2, 0.25) is 0 Å². The van der Waals surface area contributed by atoms with Crippen LogP contribution in [0.15, 0.2) is 10.9 Å². The van der Waals surface area contributed by atoms with Gasteiger partial charge in [0.25, 0.3) is 0 Å². The van der Waals surface area contributed by atoms with Crippen molar-refractivity contribution in [3.05, 3.63) is 17.8 Å². The Morgan fingerprint density at radius 3 is 3.25 bits per heavy atom. The average molecular weight is 128 g/mol. The summed E-state index contributed by atoms with van der Waals surface area (Å²) in [7, 11) is 0. The number of ether oxygens (including phenoxy) is 1. The van der Waals surface area contributed by atoms with E-state index in [2.05, 4.69) is 11.9 Å². The van der Waals surface area contributed by atoms with Crippen molar-refractivity contribution in [1.82, 2.24) is 4.98 Å². The Bertz CT molecular complexity index is 138. The molecule has 1 aromatic heterocycles. The molecule has 1 aromatic rings. The topological polar surface area (TPSA) is 22.1 Å². The van der Waals surface area contributed by atoms with Crippen LogP contribution < -0.4 is 4.74 Å². The summed E-state index contributed by atoms with van der Waals surface area (Å²) in [6.45, 7) is 3.95. The van der Waals surface area contributed by atoms with E-state index in [9.17, 15) is 0 Å². The van der Waals surface area contributed by atoms with E-state index in [4.69, 9.17) is 4.74 Å². The normalized spacial score (nSPS) is 9.12. The van der Waals surface area contributed by atoms with Gasteiger partial charge < -0.3 is 4.74 Å². The van der Waals surface area contributed by atoms with Crippen molar-refractivity contribution in [2.24, 2.45) is 0 Å². The van der Waals surface area contributed by atoms with Crippen molar-refractivity contribution < 1.29 is 4.74 Å². The van der Waals surface area contributed by atoms with Crippen molar-refractivity contribution in [3.8, 4) is 5.88 Å². The van der Waals surface area contributed by atoms with E-state index in [-0.39, 0.29) is 0 Å². The SMILES string of the molecule is [CH2]COc1cscn1. The lowest BCUT2D eigenvalue weighted by Gasteiger charge is -1.92. The van der Waals surface area contributed by atoms with Gasteiger partial charge in [-0.25, -0.2) is 4.98 Å². The Hall–Kier alpha value is -0.570. The van der Waals surface area contributed by atoms with Gasteiger partial charge in [-0.1, -0.05) is 0 Å². The average Bonchev–Trinajstić information content (AvgIpc) is 2.19. The first-order valence-electron chi connectivity index (χ1n) is 2.23. The van der Waals surface area contributed by atoms with Crippen LogP contribution in [0.25, 0.3) is 0 Å². The quantitative estimate of drug-likeness (QED) is 0.600. The zero-order valence-electron chi connectivity index (χ0n) is 4.33. The van der Waals surface area contributed by atoms with Crippen LogP contribution in [0.4, 0.5) is 0 Å². The summed E-state index contributed by atoms with van der Waals surface area (Å²) in [5.41, 5.74) is 1.73. The van der Waals surface area contributed by atoms with Crippen LogP contribution in [0.1, 0.15) is 0 Å². The molecule has 0 aromatic carbocycles. The molecule has 0 unspecified atom stereocenters. The van der Waals surface area contributed by atoms with Crippen molar-refractivity contribution in [2.45, 2.75) is 0 Å². The van der Waals surface area contributed by atoms with Gasteiger partial charge in [0.1, 0.15) is 0 Å². The maximum absolute atomic E-state index is 4.93. The van der Waals surface area contributed by atoms with Crippen molar-refractivity contribution in [3.63, 3.8) is 0 Å². The van der Waals surface area contributed by atoms with E-state index in [0.29, 0.717) is 12.5 Å². The molecule has 0 N–H and O–H groups in total. The standard InChI is InChI=1S/C5H6NOS/c1-2-7-5-3-8-4-6-5/h3-4H,1-2H2. The van der Waals surface area contributed by atoms with Gasteiger partial charge >= 0.3 is 0 Å². The van der Waals surface area contributed by atoms with Gasteiger partial charge in [0.15, 0.2) is 0 Å². The number of hydrogen-bond donors (Lipinski definition) is 0. The summed E-state index contributed by atoms with van der Waals surface area (Å²) < 4.78 is 4.93. The number of rotatable bonds is 2. The van der Waals surface area contributed by atoms with E-state index in [1.54, 1.807) is 5.51 Å². The molecular weight excluding hydrogens is 122 g/mol. The maximum Gasteiger partial charge on any atom is 0.224 e. The van der Waals surface area contributed by atoms with Crippen LogP contribution >= 0.6 is 11.3 Å². The number of nitrogens with zero attached hydrogens (tertiary/aromatic N) is 1. The molecule has 3 heteroatoms. The summed E-state index contributed by atoms with van der Waals surface area (Å²) in [4.78, 5) is 3.86. The predicted octanol–water partition coefficient (Wildman–Crippen LogP) is 1.36. The fraction of sp³-hybridized carbons (Fsp3) is 0.200. The lowest BCUT2D eigenvalue weighted by atomic mass is 10.8. The van der Waals surface area contributed by atoms with Gasteiger partial charge in [-0.05, 0) is 6.92 Å². The number of hydrogen-bond acceptors (Lipinski definition) is 3. The van der Waals surface area contributed by atoms with Gasteiger partial charge in [0, 0.05) is 0 Å². The summed E-state index contributed by atoms with van der Waals surface area (Å²) >= 11 is 1.52. The van der Waals surface area contributed by atoms with E-state index < -0.39 is 0 Å². The molecule has 0 bridgehead atoms. The van der Waals surface area contributed by atoms with Crippen molar-refractivity contribution in [2.75, 3.05) is 6.61 Å². The number of aromatic nitrogens is 1. The highest BCUT2D eigenvalue weighted by Crippen LogP contribution is 2.08. The second kappa shape index (κ2) is 2.67. The summed E-state index contributed by atoms with van der Waals surface area (Å²) in [5, 5.41) is 1.84. The van der Waals surface area contributed by atoms with E-state index in [0.717, 1.165) is 0 Å². The molecule has 43 valence electrons. The lowest BCUT2D eigenvalue weighted by Crippen LogP contribution is -1.90. The molecule has 0 aliphatic rings. The lowest BCUT2D eigenvalue weighted by molar-refractivity contribution is 0.349. The molecule has 8 heavy (non-hydrogen) atoms. The Labute approximate surface area is 52.1 Å². The second-order valence-electron chi connectivity index (χ2n) is 1.18.